The van der Waals surface area contributed by atoms with Crippen molar-refractivity contribution < 1.29 is 28.4 Å². The highest BCUT2D eigenvalue weighted by atomic mass is 19.1. The second-order valence-corrected chi connectivity index (χ2v) is 7.61. The second-order valence-electron chi connectivity index (χ2n) is 7.61. The number of amides is 4. The molecule has 4 rings (SSSR count). The Morgan fingerprint density at radius 3 is 2.54 bits per heavy atom. The first-order valence-electron chi connectivity index (χ1n) is 10.3. The Morgan fingerprint density at radius 1 is 1.06 bits per heavy atom. The zero-order valence-electron chi connectivity index (χ0n) is 18.4. The van der Waals surface area contributed by atoms with Gasteiger partial charge in [-0.2, -0.15) is 0 Å². The van der Waals surface area contributed by atoms with Crippen molar-refractivity contribution in [2.45, 2.75) is 6.42 Å². The summed E-state index contributed by atoms with van der Waals surface area (Å²) in [5.74, 6) is -1.73. The summed E-state index contributed by atoms with van der Waals surface area (Å²) in [4.78, 5) is 49.3. The molecule has 3 aromatic rings. The number of hydrogen-bond donors (Lipinski definition) is 1. The van der Waals surface area contributed by atoms with Crippen molar-refractivity contribution in [1.29, 1.82) is 0 Å². The van der Waals surface area contributed by atoms with E-state index in [1.807, 2.05) is 0 Å². The predicted molar refractivity (Wildman–Crippen MR) is 124 cm³/mol. The average molecular weight is 475 g/mol. The number of nitro groups is 1. The predicted octanol–water partition coefficient (Wildman–Crippen LogP) is 4.00. The molecule has 3 aromatic carbocycles. The number of rotatable bonds is 6. The van der Waals surface area contributed by atoms with Crippen LogP contribution in [0.2, 0.25) is 0 Å². The van der Waals surface area contributed by atoms with Gasteiger partial charge in [0, 0.05) is 12.1 Å². The number of carbonyl (C=O) groups is 3. The number of benzene rings is 3. The number of urea groups is 1. The van der Waals surface area contributed by atoms with Gasteiger partial charge in [0.25, 0.3) is 17.5 Å². The number of nitrogens with one attached hydrogen (secondary N) is 1. The van der Waals surface area contributed by atoms with Gasteiger partial charge in [0.1, 0.15) is 17.1 Å². The summed E-state index contributed by atoms with van der Waals surface area (Å²) in [5.41, 5.74) is 1.05. The van der Waals surface area contributed by atoms with Crippen molar-refractivity contribution >= 4 is 35.3 Å². The maximum atomic E-state index is 13.7. The van der Waals surface area contributed by atoms with Crippen LogP contribution in [0, 0.1) is 15.9 Å². The molecule has 4 amide bonds. The number of methoxy groups -OCH3 is 1. The molecule has 35 heavy (non-hydrogen) atoms. The molecule has 1 fully saturated rings. The van der Waals surface area contributed by atoms with Gasteiger partial charge in [0.15, 0.2) is 0 Å². The van der Waals surface area contributed by atoms with Crippen LogP contribution in [-0.2, 0) is 16.0 Å². The lowest BCUT2D eigenvalue weighted by molar-refractivity contribution is -0.384. The van der Waals surface area contributed by atoms with E-state index in [2.05, 4.69) is 5.32 Å². The Kier molecular flexibility index (Phi) is 6.36. The molecule has 0 saturated carbocycles. The van der Waals surface area contributed by atoms with Crippen LogP contribution in [0.25, 0.3) is 6.08 Å². The number of carbonyl (C=O) groups excluding carboxylic acids is 3. The van der Waals surface area contributed by atoms with Crippen molar-refractivity contribution in [3.63, 3.8) is 0 Å². The van der Waals surface area contributed by atoms with E-state index in [1.165, 1.54) is 43.5 Å². The monoisotopic (exact) mass is 475 g/mol. The molecule has 1 aliphatic heterocycles. The lowest BCUT2D eigenvalue weighted by Gasteiger charge is -2.26. The normalized spacial score (nSPS) is 14.7. The Balaban J connectivity index is 1.76. The number of halogens is 1. The van der Waals surface area contributed by atoms with Crippen LogP contribution in [0.3, 0.4) is 0 Å². The largest absolute Gasteiger partial charge is 0.497 e. The van der Waals surface area contributed by atoms with Crippen molar-refractivity contribution in [3.05, 3.63) is 105 Å². The molecular weight excluding hydrogens is 457 g/mol. The molecule has 1 saturated heterocycles. The number of non-ortho nitro benzene ring substituents is 1. The molecule has 0 unspecified atom stereocenters. The summed E-state index contributed by atoms with van der Waals surface area (Å²) < 4.78 is 19.0. The Hall–Kier alpha value is -4.86. The van der Waals surface area contributed by atoms with Crippen molar-refractivity contribution in [1.82, 2.24) is 5.32 Å². The topological polar surface area (TPSA) is 119 Å². The molecule has 0 bridgehead atoms. The van der Waals surface area contributed by atoms with Crippen LogP contribution in [0.5, 0.6) is 5.75 Å². The van der Waals surface area contributed by atoms with E-state index in [9.17, 15) is 28.9 Å². The molecule has 0 atom stereocenters. The van der Waals surface area contributed by atoms with Crippen LogP contribution in [-0.4, -0.2) is 29.9 Å². The molecule has 1 N–H and O–H groups in total. The summed E-state index contributed by atoms with van der Waals surface area (Å²) >= 11 is 0. The van der Waals surface area contributed by atoms with Gasteiger partial charge in [-0.05, 0) is 59.5 Å². The molecule has 10 heteroatoms. The first-order valence-corrected chi connectivity index (χ1v) is 10.3. The molecule has 1 aliphatic rings. The minimum Gasteiger partial charge on any atom is -0.497 e. The smallest absolute Gasteiger partial charge is 0.335 e. The number of nitrogens with zero attached hydrogens (tertiary/aromatic N) is 2. The fourth-order valence-electron chi connectivity index (χ4n) is 3.66. The molecule has 0 aliphatic carbocycles. The highest BCUT2D eigenvalue weighted by molar-refractivity contribution is 6.39. The van der Waals surface area contributed by atoms with Gasteiger partial charge < -0.3 is 4.74 Å². The minimum absolute atomic E-state index is 0.0604. The maximum Gasteiger partial charge on any atom is 0.335 e. The highest BCUT2D eigenvalue weighted by Gasteiger charge is 2.37. The Morgan fingerprint density at radius 2 is 1.83 bits per heavy atom. The first-order chi connectivity index (χ1) is 16.8. The summed E-state index contributed by atoms with van der Waals surface area (Å²) in [6, 6.07) is 14.9. The second kappa shape index (κ2) is 9.56. The molecule has 176 valence electrons. The van der Waals surface area contributed by atoms with Gasteiger partial charge >= 0.3 is 6.03 Å². The highest BCUT2D eigenvalue weighted by Crippen LogP contribution is 2.28. The van der Waals surface area contributed by atoms with E-state index in [0.29, 0.717) is 27.3 Å². The van der Waals surface area contributed by atoms with Crippen molar-refractivity contribution in [2.75, 3.05) is 12.0 Å². The van der Waals surface area contributed by atoms with Gasteiger partial charge in [-0.25, -0.2) is 14.1 Å². The quantitative estimate of drug-likeness (QED) is 0.249. The standard InChI is InChI=1S/C25H18FN3O6/c1-35-21-9-8-16(17(12-21)10-15-4-2-5-18(26)11-15)13-22-23(30)27-25(32)28(24(22)31)19-6-3-7-20(14-19)29(33)34/h2-9,11-14H,10H2,1H3,(H,27,30,32)/b22-13+. The van der Waals surface area contributed by atoms with Crippen LogP contribution in [0.15, 0.2) is 72.3 Å². The van der Waals surface area contributed by atoms with Gasteiger partial charge in [-0.15, -0.1) is 0 Å². The van der Waals surface area contributed by atoms with E-state index in [1.54, 1.807) is 30.3 Å². The number of anilines is 1. The van der Waals surface area contributed by atoms with Crippen LogP contribution >= 0.6 is 0 Å². The third kappa shape index (κ3) is 4.91. The van der Waals surface area contributed by atoms with E-state index < -0.39 is 28.6 Å². The lowest BCUT2D eigenvalue weighted by atomic mass is 9.97. The summed E-state index contributed by atoms with van der Waals surface area (Å²) in [6.45, 7) is 0. The van der Waals surface area contributed by atoms with Crippen molar-refractivity contribution in [3.8, 4) is 5.75 Å². The van der Waals surface area contributed by atoms with E-state index in [-0.39, 0.29) is 23.4 Å². The number of barbiturate groups is 1. The molecule has 0 aromatic heterocycles. The van der Waals surface area contributed by atoms with Crippen LogP contribution in [0.1, 0.15) is 16.7 Å². The minimum atomic E-state index is -1.02. The first kappa shape index (κ1) is 23.3. The van der Waals surface area contributed by atoms with E-state index in [4.69, 9.17) is 4.74 Å². The number of nitro benzene ring substituents is 1. The third-order valence-corrected chi connectivity index (χ3v) is 5.33. The zero-order chi connectivity index (χ0) is 25.1. The summed E-state index contributed by atoms with van der Waals surface area (Å²) in [6.07, 6.45) is 1.60. The average Bonchev–Trinajstić information content (AvgIpc) is 2.82. The molecule has 0 spiro atoms. The maximum absolute atomic E-state index is 13.7. The lowest BCUT2D eigenvalue weighted by Crippen LogP contribution is -2.54. The fraction of sp³-hybridized carbons (Fsp3) is 0.0800. The number of ether oxygens (including phenoxy) is 1. The third-order valence-electron chi connectivity index (χ3n) is 5.33. The van der Waals surface area contributed by atoms with Gasteiger partial charge in [0.2, 0.25) is 0 Å². The molecule has 0 radical (unpaired) electrons. The van der Waals surface area contributed by atoms with Crippen LogP contribution < -0.4 is 15.0 Å². The van der Waals surface area contributed by atoms with Gasteiger partial charge in [0.05, 0.1) is 17.7 Å². The number of hydrogen-bond acceptors (Lipinski definition) is 6. The SMILES string of the molecule is COc1ccc(/C=C2\C(=O)NC(=O)N(c3cccc([N+](=O)[O-])c3)C2=O)c(Cc2cccc(F)c2)c1. The summed E-state index contributed by atoms with van der Waals surface area (Å²) in [7, 11) is 1.49. The summed E-state index contributed by atoms with van der Waals surface area (Å²) in [5, 5.41) is 13.2. The zero-order valence-corrected chi connectivity index (χ0v) is 18.4. The molecule has 9 nitrogen and oxygen atoms in total. The molecular formula is C25H18FN3O6. The Bertz CT molecular complexity index is 1400. The fourth-order valence-corrected chi connectivity index (χ4v) is 3.66. The number of imide groups is 2. The van der Waals surface area contributed by atoms with E-state index >= 15 is 0 Å². The Labute approximate surface area is 198 Å². The van der Waals surface area contributed by atoms with Gasteiger partial charge in [-0.3, -0.25) is 25.0 Å². The van der Waals surface area contributed by atoms with Gasteiger partial charge in [-0.1, -0.05) is 24.3 Å². The van der Waals surface area contributed by atoms with Crippen LogP contribution in [0.4, 0.5) is 20.6 Å². The van der Waals surface area contributed by atoms with E-state index in [0.717, 1.165) is 6.07 Å². The molecule has 1 heterocycles. The van der Waals surface area contributed by atoms with Crippen molar-refractivity contribution in [2.24, 2.45) is 0 Å².